The second-order valence-electron chi connectivity index (χ2n) is 6.27. The molecule has 2 saturated carbocycles. The van der Waals surface area contributed by atoms with Crippen molar-refractivity contribution in [3.8, 4) is 0 Å². The van der Waals surface area contributed by atoms with Gasteiger partial charge in [0.05, 0.1) is 0 Å². The summed E-state index contributed by atoms with van der Waals surface area (Å²) in [4.78, 5) is 4.61. The van der Waals surface area contributed by atoms with Crippen molar-refractivity contribution >= 4 is 0 Å². The summed E-state index contributed by atoms with van der Waals surface area (Å²) in [5, 5.41) is 4.16. The van der Waals surface area contributed by atoms with E-state index in [-0.39, 0.29) is 0 Å². The van der Waals surface area contributed by atoms with Crippen molar-refractivity contribution in [3.05, 3.63) is 11.7 Å². The molecule has 2 aliphatic carbocycles. The lowest BCUT2D eigenvalue weighted by Gasteiger charge is -2.12. The molecule has 0 spiro atoms. The Bertz CT molecular complexity index is 413. The molecule has 2 aliphatic rings. The van der Waals surface area contributed by atoms with Crippen molar-refractivity contribution in [3.63, 3.8) is 0 Å². The average molecular weight is 235 g/mol. The van der Waals surface area contributed by atoms with Crippen LogP contribution in [0.15, 0.2) is 4.52 Å². The third-order valence-electron chi connectivity index (χ3n) is 4.56. The zero-order chi connectivity index (χ0) is 12.0. The van der Waals surface area contributed by atoms with E-state index in [4.69, 9.17) is 10.3 Å². The second kappa shape index (κ2) is 3.80. The molecule has 4 nitrogen and oxygen atoms in total. The Hall–Kier alpha value is -0.900. The van der Waals surface area contributed by atoms with Gasteiger partial charge in [-0.25, -0.2) is 0 Å². The van der Waals surface area contributed by atoms with Gasteiger partial charge in [-0.3, -0.25) is 0 Å². The van der Waals surface area contributed by atoms with Crippen molar-refractivity contribution in [2.45, 2.75) is 51.4 Å². The van der Waals surface area contributed by atoms with Crippen molar-refractivity contribution in [1.82, 2.24) is 10.1 Å². The zero-order valence-electron chi connectivity index (χ0n) is 10.6. The molecule has 3 rings (SSSR count). The van der Waals surface area contributed by atoms with Crippen molar-refractivity contribution in [2.75, 3.05) is 6.54 Å². The van der Waals surface area contributed by atoms with Gasteiger partial charge in [0.15, 0.2) is 5.82 Å². The number of nitrogens with two attached hydrogens (primary N) is 1. The fourth-order valence-electron chi connectivity index (χ4n) is 3.09. The largest absolute Gasteiger partial charge is 0.339 e. The van der Waals surface area contributed by atoms with Crippen LogP contribution in [0.25, 0.3) is 0 Å². The fraction of sp³-hybridized carbons (Fsp3) is 0.846. The van der Waals surface area contributed by atoms with Gasteiger partial charge in [-0.05, 0) is 37.1 Å². The van der Waals surface area contributed by atoms with Crippen LogP contribution in [0.2, 0.25) is 0 Å². The van der Waals surface area contributed by atoms with E-state index in [0.29, 0.717) is 23.2 Å². The van der Waals surface area contributed by atoms with Crippen LogP contribution >= 0.6 is 0 Å². The highest BCUT2D eigenvalue weighted by atomic mass is 16.5. The van der Waals surface area contributed by atoms with E-state index in [1.54, 1.807) is 0 Å². The van der Waals surface area contributed by atoms with Crippen LogP contribution in [0.1, 0.15) is 63.1 Å². The Labute approximate surface area is 102 Å². The first-order chi connectivity index (χ1) is 8.12. The van der Waals surface area contributed by atoms with Crippen molar-refractivity contribution < 1.29 is 4.52 Å². The SMILES string of the molecule is CC1(C)CC1c1noc(C2CCCC2CN)n1. The smallest absolute Gasteiger partial charge is 0.230 e. The Balaban J connectivity index is 1.76. The van der Waals surface area contributed by atoms with Crippen LogP contribution in [0.4, 0.5) is 0 Å². The summed E-state index contributed by atoms with van der Waals surface area (Å²) in [6.45, 7) is 5.25. The Morgan fingerprint density at radius 1 is 1.41 bits per heavy atom. The van der Waals surface area contributed by atoms with Gasteiger partial charge in [0.2, 0.25) is 5.89 Å². The van der Waals surface area contributed by atoms with Crippen LogP contribution in [-0.2, 0) is 0 Å². The minimum Gasteiger partial charge on any atom is -0.339 e. The standard InChI is InChI=1S/C13H21N3O/c1-13(2)6-10(13)11-15-12(17-16-11)9-5-3-4-8(9)7-14/h8-10H,3-7,14H2,1-2H3. The van der Waals surface area contributed by atoms with Crippen LogP contribution in [0.3, 0.4) is 0 Å². The highest BCUT2D eigenvalue weighted by Crippen LogP contribution is 2.57. The first kappa shape index (κ1) is 11.2. The first-order valence-corrected chi connectivity index (χ1v) is 6.65. The summed E-state index contributed by atoms with van der Waals surface area (Å²) >= 11 is 0. The summed E-state index contributed by atoms with van der Waals surface area (Å²) in [5.41, 5.74) is 6.16. The third kappa shape index (κ3) is 1.88. The van der Waals surface area contributed by atoms with E-state index >= 15 is 0 Å². The van der Waals surface area contributed by atoms with Crippen LogP contribution in [-0.4, -0.2) is 16.7 Å². The molecule has 2 N–H and O–H groups in total. The molecule has 17 heavy (non-hydrogen) atoms. The molecular weight excluding hydrogens is 214 g/mol. The molecule has 2 fully saturated rings. The van der Waals surface area contributed by atoms with Crippen LogP contribution < -0.4 is 5.73 Å². The lowest BCUT2D eigenvalue weighted by molar-refractivity contribution is 0.322. The average Bonchev–Trinajstić information content (AvgIpc) is 2.80. The number of hydrogen-bond donors (Lipinski definition) is 1. The molecule has 0 aromatic carbocycles. The molecular formula is C13H21N3O. The van der Waals surface area contributed by atoms with Gasteiger partial charge in [-0.1, -0.05) is 25.4 Å². The molecule has 3 unspecified atom stereocenters. The molecule has 0 aliphatic heterocycles. The molecule has 1 heterocycles. The number of aromatic nitrogens is 2. The van der Waals surface area contributed by atoms with Crippen molar-refractivity contribution in [1.29, 1.82) is 0 Å². The van der Waals surface area contributed by atoms with E-state index in [1.807, 2.05) is 0 Å². The van der Waals surface area contributed by atoms with Gasteiger partial charge in [0.1, 0.15) is 0 Å². The summed E-state index contributed by atoms with van der Waals surface area (Å²) in [6, 6.07) is 0. The first-order valence-electron chi connectivity index (χ1n) is 6.65. The highest BCUT2D eigenvalue weighted by Gasteiger charge is 2.49. The maximum atomic E-state index is 5.79. The van der Waals surface area contributed by atoms with Gasteiger partial charge in [-0.2, -0.15) is 4.98 Å². The van der Waals surface area contributed by atoms with E-state index < -0.39 is 0 Å². The normalized spacial score (nSPS) is 35.1. The van der Waals surface area contributed by atoms with Gasteiger partial charge >= 0.3 is 0 Å². The molecule has 0 saturated heterocycles. The molecule has 1 aromatic rings. The molecule has 4 heteroatoms. The van der Waals surface area contributed by atoms with E-state index in [9.17, 15) is 0 Å². The Kier molecular flexibility index (Phi) is 2.51. The molecule has 0 amide bonds. The molecule has 94 valence electrons. The quantitative estimate of drug-likeness (QED) is 0.873. The molecule has 1 aromatic heterocycles. The lowest BCUT2D eigenvalue weighted by atomic mass is 9.96. The molecule has 3 atom stereocenters. The molecule has 0 bridgehead atoms. The van der Waals surface area contributed by atoms with Crippen molar-refractivity contribution in [2.24, 2.45) is 17.1 Å². The topological polar surface area (TPSA) is 64.9 Å². The minimum atomic E-state index is 0.365. The minimum absolute atomic E-state index is 0.365. The fourth-order valence-corrected chi connectivity index (χ4v) is 3.09. The number of nitrogens with zero attached hydrogens (tertiary/aromatic N) is 2. The van der Waals surface area contributed by atoms with Gasteiger partial charge in [0.25, 0.3) is 0 Å². The number of hydrogen-bond acceptors (Lipinski definition) is 4. The third-order valence-corrected chi connectivity index (χ3v) is 4.56. The van der Waals surface area contributed by atoms with Crippen LogP contribution in [0, 0.1) is 11.3 Å². The Morgan fingerprint density at radius 2 is 2.18 bits per heavy atom. The maximum absolute atomic E-state index is 5.79. The second-order valence-corrected chi connectivity index (χ2v) is 6.27. The lowest BCUT2D eigenvalue weighted by Crippen LogP contribution is -2.17. The zero-order valence-corrected chi connectivity index (χ0v) is 10.6. The van der Waals surface area contributed by atoms with E-state index in [1.165, 1.54) is 19.3 Å². The van der Waals surface area contributed by atoms with Gasteiger partial charge in [0, 0.05) is 11.8 Å². The molecule has 0 radical (unpaired) electrons. The monoisotopic (exact) mass is 235 g/mol. The summed E-state index contributed by atoms with van der Waals surface area (Å²) in [6.07, 6.45) is 4.77. The van der Waals surface area contributed by atoms with E-state index in [0.717, 1.165) is 24.7 Å². The van der Waals surface area contributed by atoms with Gasteiger partial charge < -0.3 is 10.3 Å². The van der Waals surface area contributed by atoms with E-state index in [2.05, 4.69) is 24.0 Å². The van der Waals surface area contributed by atoms with Crippen LogP contribution in [0.5, 0.6) is 0 Å². The predicted octanol–water partition coefficient (Wildman–Crippen LogP) is 2.43. The van der Waals surface area contributed by atoms with Gasteiger partial charge in [-0.15, -0.1) is 0 Å². The maximum Gasteiger partial charge on any atom is 0.230 e. The predicted molar refractivity (Wildman–Crippen MR) is 64.6 cm³/mol. The summed E-state index contributed by atoms with van der Waals surface area (Å²) < 4.78 is 5.46. The summed E-state index contributed by atoms with van der Waals surface area (Å²) in [5.74, 6) is 3.18. The summed E-state index contributed by atoms with van der Waals surface area (Å²) in [7, 11) is 0. The highest BCUT2D eigenvalue weighted by molar-refractivity contribution is 5.15. The Morgan fingerprint density at radius 3 is 2.82 bits per heavy atom. The number of rotatable bonds is 3.